The van der Waals surface area contributed by atoms with Crippen molar-refractivity contribution >= 4 is 16.8 Å². The molecule has 1 N–H and O–H groups in total. The summed E-state index contributed by atoms with van der Waals surface area (Å²) in [6.07, 6.45) is 4.24. The monoisotopic (exact) mass is 376 g/mol. The normalized spacial score (nSPS) is 19.5. The number of carbonyl (C=O) groups is 1. The van der Waals surface area contributed by atoms with Crippen molar-refractivity contribution in [3.8, 4) is 11.3 Å². The Morgan fingerprint density at radius 2 is 2.07 bits per heavy atom. The summed E-state index contributed by atoms with van der Waals surface area (Å²) in [6, 6.07) is 13.4. The van der Waals surface area contributed by atoms with E-state index in [2.05, 4.69) is 9.88 Å². The average molecular weight is 376 g/mol. The molecule has 2 aromatic heterocycles. The number of benzene rings is 1. The van der Waals surface area contributed by atoms with Crippen LogP contribution in [-0.4, -0.2) is 70.1 Å². The van der Waals surface area contributed by atoms with E-state index in [4.69, 9.17) is 4.98 Å². The van der Waals surface area contributed by atoms with Crippen molar-refractivity contribution in [3.05, 3.63) is 60.4 Å². The molecular formula is C22H24N4O2. The number of nitrogens with zero attached hydrogens (tertiary/aromatic N) is 4. The minimum Gasteiger partial charge on any atom is -0.394 e. The van der Waals surface area contributed by atoms with Crippen LogP contribution >= 0.6 is 0 Å². The van der Waals surface area contributed by atoms with Gasteiger partial charge in [-0.05, 0) is 44.8 Å². The van der Waals surface area contributed by atoms with Gasteiger partial charge >= 0.3 is 0 Å². The van der Waals surface area contributed by atoms with Crippen LogP contribution in [0.2, 0.25) is 0 Å². The molecule has 2 atom stereocenters. The second-order valence-corrected chi connectivity index (χ2v) is 7.46. The molecule has 1 aliphatic heterocycles. The first-order chi connectivity index (χ1) is 13.6. The maximum atomic E-state index is 13.5. The van der Waals surface area contributed by atoms with Crippen molar-refractivity contribution in [1.29, 1.82) is 0 Å². The lowest BCUT2D eigenvalue weighted by Crippen LogP contribution is -2.39. The molecule has 28 heavy (non-hydrogen) atoms. The maximum Gasteiger partial charge on any atom is 0.255 e. The van der Waals surface area contributed by atoms with Gasteiger partial charge in [-0.25, -0.2) is 4.98 Å². The maximum absolute atomic E-state index is 13.5. The number of fused-ring (bicyclic) bond motifs is 1. The van der Waals surface area contributed by atoms with Gasteiger partial charge in [0.15, 0.2) is 0 Å². The van der Waals surface area contributed by atoms with Crippen LogP contribution in [0.25, 0.3) is 22.2 Å². The Bertz CT molecular complexity index is 990. The minimum atomic E-state index is -0.173. The van der Waals surface area contributed by atoms with Crippen LogP contribution in [0.5, 0.6) is 0 Å². The standard InChI is InChI=1S/C22H24N4O2/c1-25(2)16-10-17(14-27)26(13-16)22(28)19-11-21(15-6-5-9-23-12-15)24-20-8-4-3-7-18(19)20/h3-9,11-12,16-17,27H,10,13-14H2,1-2H3/t16-,17+/m1/s1. The molecule has 0 saturated carbocycles. The van der Waals surface area contributed by atoms with E-state index in [-0.39, 0.29) is 24.6 Å². The predicted octanol–water partition coefficient (Wildman–Crippen LogP) is 2.43. The first-order valence-electron chi connectivity index (χ1n) is 9.47. The van der Waals surface area contributed by atoms with Gasteiger partial charge in [-0.15, -0.1) is 0 Å². The molecule has 6 heteroatoms. The third-order valence-corrected chi connectivity index (χ3v) is 5.50. The Kier molecular flexibility index (Phi) is 5.07. The largest absolute Gasteiger partial charge is 0.394 e. The molecule has 3 aromatic rings. The number of hydrogen-bond acceptors (Lipinski definition) is 5. The van der Waals surface area contributed by atoms with Crippen molar-refractivity contribution in [2.24, 2.45) is 0 Å². The molecule has 4 rings (SSSR count). The molecule has 1 amide bonds. The molecule has 1 aromatic carbocycles. The van der Waals surface area contributed by atoms with Crippen molar-refractivity contribution in [2.75, 3.05) is 27.2 Å². The zero-order chi connectivity index (χ0) is 19.7. The summed E-state index contributed by atoms with van der Waals surface area (Å²) in [4.78, 5) is 26.4. The zero-order valence-electron chi connectivity index (χ0n) is 16.1. The van der Waals surface area contributed by atoms with Crippen LogP contribution in [0, 0.1) is 0 Å². The number of aliphatic hydroxyl groups excluding tert-OH is 1. The van der Waals surface area contributed by atoms with Gasteiger partial charge < -0.3 is 14.9 Å². The smallest absolute Gasteiger partial charge is 0.255 e. The van der Waals surface area contributed by atoms with Crippen LogP contribution < -0.4 is 0 Å². The van der Waals surface area contributed by atoms with Crippen molar-refractivity contribution in [1.82, 2.24) is 19.8 Å². The van der Waals surface area contributed by atoms with Crippen molar-refractivity contribution < 1.29 is 9.90 Å². The first kappa shape index (κ1) is 18.5. The molecule has 0 radical (unpaired) electrons. The Balaban J connectivity index is 1.80. The van der Waals surface area contributed by atoms with Gasteiger partial charge in [0.2, 0.25) is 0 Å². The van der Waals surface area contributed by atoms with Gasteiger partial charge in [0.05, 0.1) is 29.4 Å². The highest BCUT2D eigenvalue weighted by Gasteiger charge is 2.36. The van der Waals surface area contributed by atoms with Gasteiger partial charge in [0.1, 0.15) is 0 Å². The third-order valence-electron chi connectivity index (χ3n) is 5.50. The summed E-state index contributed by atoms with van der Waals surface area (Å²) in [5.41, 5.74) is 2.98. The lowest BCUT2D eigenvalue weighted by molar-refractivity contribution is 0.0675. The predicted molar refractivity (Wildman–Crippen MR) is 109 cm³/mol. The van der Waals surface area contributed by atoms with Gasteiger partial charge in [-0.2, -0.15) is 0 Å². The van der Waals surface area contributed by atoms with Crippen LogP contribution in [0.4, 0.5) is 0 Å². The number of likely N-dealkylation sites (tertiary alicyclic amines) is 1. The first-order valence-corrected chi connectivity index (χ1v) is 9.47. The average Bonchev–Trinajstić information content (AvgIpc) is 3.18. The molecule has 3 heterocycles. The Morgan fingerprint density at radius 1 is 1.25 bits per heavy atom. The summed E-state index contributed by atoms with van der Waals surface area (Å²) < 4.78 is 0. The number of aromatic nitrogens is 2. The number of pyridine rings is 2. The second kappa shape index (κ2) is 7.66. The molecule has 6 nitrogen and oxygen atoms in total. The van der Waals surface area contributed by atoms with Crippen molar-refractivity contribution in [3.63, 3.8) is 0 Å². The number of rotatable bonds is 4. The number of amides is 1. The zero-order valence-corrected chi connectivity index (χ0v) is 16.1. The molecule has 1 saturated heterocycles. The highest BCUT2D eigenvalue weighted by Crippen LogP contribution is 2.28. The van der Waals surface area contributed by atoms with Gasteiger partial charge in [0, 0.05) is 35.9 Å². The molecule has 0 spiro atoms. The Hall–Kier alpha value is -2.83. The van der Waals surface area contributed by atoms with Crippen LogP contribution in [0.1, 0.15) is 16.8 Å². The van der Waals surface area contributed by atoms with E-state index in [1.807, 2.05) is 56.6 Å². The summed E-state index contributed by atoms with van der Waals surface area (Å²) >= 11 is 0. The van der Waals surface area contributed by atoms with Gasteiger partial charge in [0.25, 0.3) is 5.91 Å². The summed E-state index contributed by atoms with van der Waals surface area (Å²) in [5.74, 6) is -0.0628. The molecule has 0 unspecified atom stereocenters. The minimum absolute atomic E-state index is 0.0332. The molecule has 144 valence electrons. The van der Waals surface area contributed by atoms with E-state index in [0.29, 0.717) is 12.1 Å². The number of hydrogen-bond donors (Lipinski definition) is 1. The highest BCUT2D eigenvalue weighted by molar-refractivity contribution is 6.07. The fraction of sp³-hybridized carbons (Fsp3) is 0.318. The fourth-order valence-corrected chi connectivity index (χ4v) is 3.86. The lowest BCUT2D eigenvalue weighted by atomic mass is 10.0. The SMILES string of the molecule is CN(C)[C@@H]1C[C@@H](CO)N(C(=O)c2cc(-c3cccnc3)nc3ccccc23)C1. The van der Waals surface area contributed by atoms with E-state index in [9.17, 15) is 9.90 Å². The summed E-state index contributed by atoms with van der Waals surface area (Å²) in [5, 5.41) is 10.7. The van der Waals surface area contributed by atoms with E-state index in [1.54, 1.807) is 17.3 Å². The summed E-state index contributed by atoms with van der Waals surface area (Å²) in [6.45, 7) is 0.574. The molecule has 0 bridgehead atoms. The Labute approximate surface area is 164 Å². The van der Waals surface area contributed by atoms with E-state index in [0.717, 1.165) is 28.6 Å². The van der Waals surface area contributed by atoms with E-state index < -0.39 is 0 Å². The fourth-order valence-electron chi connectivity index (χ4n) is 3.86. The molecule has 1 fully saturated rings. The molecule has 0 aliphatic carbocycles. The number of aliphatic hydroxyl groups is 1. The molecular weight excluding hydrogens is 352 g/mol. The van der Waals surface area contributed by atoms with E-state index >= 15 is 0 Å². The van der Waals surface area contributed by atoms with Crippen molar-refractivity contribution in [2.45, 2.75) is 18.5 Å². The highest BCUT2D eigenvalue weighted by atomic mass is 16.3. The number of likely N-dealkylation sites (N-methyl/N-ethyl adjacent to an activating group) is 1. The number of para-hydroxylation sites is 1. The molecule has 1 aliphatic rings. The Morgan fingerprint density at radius 3 is 2.79 bits per heavy atom. The number of carbonyl (C=O) groups excluding carboxylic acids is 1. The van der Waals surface area contributed by atoms with Crippen LogP contribution in [-0.2, 0) is 0 Å². The van der Waals surface area contributed by atoms with Crippen LogP contribution in [0.15, 0.2) is 54.9 Å². The second-order valence-electron chi connectivity index (χ2n) is 7.46. The topological polar surface area (TPSA) is 69.6 Å². The van der Waals surface area contributed by atoms with Gasteiger partial charge in [-0.1, -0.05) is 18.2 Å². The van der Waals surface area contributed by atoms with E-state index in [1.165, 1.54) is 0 Å². The van der Waals surface area contributed by atoms with Crippen LogP contribution in [0.3, 0.4) is 0 Å². The third kappa shape index (κ3) is 3.37. The summed E-state index contributed by atoms with van der Waals surface area (Å²) in [7, 11) is 4.02. The van der Waals surface area contributed by atoms with Gasteiger partial charge in [-0.3, -0.25) is 9.78 Å². The lowest BCUT2D eigenvalue weighted by Gasteiger charge is -2.24. The quantitative estimate of drug-likeness (QED) is 0.757.